The number of aliphatic hydroxyl groups excluding tert-OH is 4. The SMILES string of the molecule is O=C(Br)[C@H](F)[C@@H](O)[C@H](O)[C@H](O)CO. The molecule has 4 N–H and O–H groups in total. The Hall–Kier alpha value is -0.0800. The van der Waals surface area contributed by atoms with E-state index in [2.05, 4.69) is 15.9 Å². The van der Waals surface area contributed by atoms with Crippen LogP contribution in [0.3, 0.4) is 0 Å². The maximum atomic E-state index is 12.7. The van der Waals surface area contributed by atoms with Crippen molar-refractivity contribution in [2.45, 2.75) is 24.5 Å². The molecule has 0 aromatic carbocycles. The zero-order chi connectivity index (χ0) is 10.6. The average molecular weight is 261 g/mol. The monoisotopic (exact) mass is 260 g/mol. The zero-order valence-electron chi connectivity index (χ0n) is 6.47. The molecule has 5 nitrogen and oxygen atoms in total. The van der Waals surface area contributed by atoms with Crippen LogP contribution in [0.15, 0.2) is 0 Å². The van der Waals surface area contributed by atoms with Crippen LogP contribution in [0.2, 0.25) is 0 Å². The van der Waals surface area contributed by atoms with Crippen LogP contribution in [-0.2, 0) is 4.79 Å². The lowest BCUT2D eigenvalue weighted by atomic mass is 10.1. The van der Waals surface area contributed by atoms with E-state index in [0.717, 1.165) is 0 Å². The number of halogens is 2. The van der Waals surface area contributed by atoms with Crippen molar-refractivity contribution in [1.82, 2.24) is 0 Å². The molecule has 0 fully saturated rings. The van der Waals surface area contributed by atoms with Gasteiger partial charge in [-0.1, -0.05) is 0 Å². The molecule has 0 aliphatic heterocycles. The van der Waals surface area contributed by atoms with E-state index >= 15 is 0 Å². The lowest BCUT2D eigenvalue weighted by Crippen LogP contribution is -2.46. The van der Waals surface area contributed by atoms with E-state index in [1.807, 2.05) is 0 Å². The summed E-state index contributed by atoms with van der Waals surface area (Å²) in [5.74, 6) is 0. The zero-order valence-corrected chi connectivity index (χ0v) is 8.06. The topological polar surface area (TPSA) is 98.0 Å². The molecule has 0 aromatic heterocycles. The number of hydrogen-bond acceptors (Lipinski definition) is 5. The van der Waals surface area contributed by atoms with Crippen LogP contribution in [0.5, 0.6) is 0 Å². The van der Waals surface area contributed by atoms with Crippen molar-refractivity contribution in [3.63, 3.8) is 0 Å². The molecule has 78 valence electrons. The molecular weight excluding hydrogens is 251 g/mol. The van der Waals surface area contributed by atoms with Crippen molar-refractivity contribution in [1.29, 1.82) is 0 Å². The number of carbonyl (C=O) groups excluding carboxylic acids is 1. The highest BCUT2D eigenvalue weighted by atomic mass is 79.9. The van der Waals surface area contributed by atoms with Gasteiger partial charge in [-0.2, -0.15) is 0 Å². The molecule has 0 rings (SSSR count). The van der Waals surface area contributed by atoms with Gasteiger partial charge in [-0.3, -0.25) is 4.79 Å². The summed E-state index contributed by atoms with van der Waals surface area (Å²) >= 11 is 2.25. The maximum absolute atomic E-state index is 12.7. The minimum absolute atomic E-state index is 0.832. The second kappa shape index (κ2) is 5.61. The Kier molecular flexibility index (Phi) is 5.57. The van der Waals surface area contributed by atoms with Gasteiger partial charge in [0.05, 0.1) is 6.61 Å². The highest BCUT2D eigenvalue weighted by Crippen LogP contribution is 2.11. The van der Waals surface area contributed by atoms with Gasteiger partial charge >= 0.3 is 0 Å². The molecule has 0 saturated heterocycles. The van der Waals surface area contributed by atoms with Crippen LogP contribution >= 0.6 is 15.9 Å². The van der Waals surface area contributed by atoms with Crippen molar-refractivity contribution in [2.75, 3.05) is 6.61 Å². The van der Waals surface area contributed by atoms with Gasteiger partial charge < -0.3 is 20.4 Å². The summed E-state index contributed by atoms with van der Waals surface area (Å²) in [4.78, 5) is 10.3. The molecule has 0 saturated carbocycles. The molecule has 0 bridgehead atoms. The Morgan fingerprint density at radius 1 is 1.31 bits per heavy atom. The Bertz CT molecular complexity index is 178. The van der Waals surface area contributed by atoms with Crippen LogP contribution < -0.4 is 0 Å². The molecule has 0 spiro atoms. The molecule has 0 radical (unpaired) electrons. The largest absolute Gasteiger partial charge is 0.394 e. The van der Waals surface area contributed by atoms with Crippen molar-refractivity contribution >= 4 is 20.6 Å². The first-order valence-corrected chi connectivity index (χ1v) is 4.19. The fraction of sp³-hybridized carbons (Fsp3) is 0.833. The first-order valence-electron chi connectivity index (χ1n) is 3.40. The van der Waals surface area contributed by atoms with E-state index < -0.39 is 35.8 Å². The Morgan fingerprint density at radius 3 is 2.08 bits per heavy atom. The molecular formula is C6H10BrFO5. The predicted octanol–water partition coefficient (Wildman–Crippen LogP) is -1.68. The van der Waals surface area contributed by atoms with Crippen molar-refractivity contribution in [3.8, 4) is 0 Å². The summed E-state index contributed by atoms with van der Waals surface area (Å²) in [7, 11) is 0. The molecule has 0 aromatic rings. The Balaban J connectivity index is 4.24. The van der Waals surface area contributed by atoms with Gasteiger partial charge in [0.2, 0.25) is 4.69 Å². The molecule has 0 unspecified atom stereocenters. The third kappa shape index (κ3) is 3.65. The van der Waals surface area contributed by atoms with Gasteiger partial charge in [0.25, 0.3) is 0 Å². The number of carbonyl (C=O) groups is 1. The number of rotatable bonds is 5. The van der Waals surface area contributed by atoms with Crippen molar-refractivity contribution in [2.24, 2.45) is 0 Å². The minimum Gasteiger partial charge on any atom is -0.394 e. The molecule has 0 heterocycles. The van der Waals surface area contributed by atoms with E-state index in [0.29, 0.717) is 0 Å². The first kappa shape index (κ1) is 12.9. The molecule has 0 amide bonds. The number of alkyl halides is 1. The molecule has 13 heavy (non-hydrogen) atoms. The van der Waals surface area contributed by atoms with Crippen molar-refractivity contribution in [3.05, 3.63) is 0 Å². The van der Waals surface area contributed by atoms with Gasteiger partial charge in [0, 0.05) is 0 Å². The lowest BCUT2D eigenvalue weighted by molar-refractivity contribution is -0.129. The summed E-state index contributed by atoms with van der Waals surface area (Å²) < 4.78 is 11.5. The lowest BCUT2D eigenvalue weighted by Gasteiger charge is -2.22. The summed E-state index contributed by atoms with van der Waals surface area (Å²) in [5.41, 5.74) is 0. The first-order chi connectivity index (χ1) is 5.91. The second-order valence-corrected chi connectivity index (χ2v) is 3.22. The van der Waals surface area contributed by atoms with Crippen LogP contribution in [0.4, 0.5) is 4.39 Å². The van der Waals surface area contributed by atoms with Gasteiger partial charge in [0.15, 0.2) is 6.17 Å². The summed E-state index contributed by atoms with van der Waals surface area (Å²) in [6.45, 7) is -0.832. The van der Waals surface area contributed by atoms with Crippen LogP contribution in [0.1, 0.15) is 0 Å². The molecule has 7 heteroatoms. The third-order valence-corrected chi connectivity index (χ3v) is 1.89. The highest BCUT2D eigenvalue weighted by molar-refractivity contribution is 9.18. The van der Waals surface area contributed by atoms with Crippen LogP contribution in [0, 0.1) is 0 Å². The predicted molar refractivity (Wildman–Crippen MR) is 43.9 cm³/mol. The van der Waals surface area contributed by atoms with E-state index in [4.69, 9.17) is 20.4 Å². The normalized spacial score (nSPS) is 20.5. The maximum Gasteiger partial charge on any atom is 0.234 e. The summed E-state index contributed by atoms with van der Waals surface area (Å²) in [6, 6.07) is 0. The quantitative estimate of drug-likeness (QED) is 0.443. The number of hydrogen-bond donors (Lipinski definition) is 4. The standard InChI is InChI=1S/C6H10BrFO5/c7-6(13)3(8)5(12)4(11)2(10)1-9/h2-5,9-12H,1H2/t2-,3-,4-,5-/m1/s1. The minimum atomic E-state index is -2.34. The van der Waals surface area contributed by atoms with Gasteiger partial charge in [-0.05, 0) is 15.9 Å². The van der Waals surface area contributed by atoms with E-state index in [-0.39, 0.29) is 0 Å². The molecule has 0 aliphatic rings. The Morgan fingerprint density at radius 2 is 1.77 bits per heavy atom. The van der Waals surface area contributed by atoms with E-state index in [1.165, 1.54) is 0 Å². The van der Waals surface area contributed by atoms with Gasteiger partial charge in [0.1, 0.15) is 18.3 Å². The Labute approximate surface area is 81.9 Å². The van der Waals surface area contributed by atoms with Gasteiger partial charge in [-0.15, -0.1) is 0 Å². The van der Waals surface area contributed by atoms with Crippen molar-refractivity contribution < 1.29 is 29.6 Å². The van der Waals surface area contributed by atoms with E-state index in [1.54, 1.807) is 0 Å². The fourth-order valence-electron chi connectivity index (χ4n) is 0.643. The second-order valence-electron chi connectivity index (χ2n) is 2.44. The van der Waals surface area contributed by atoms with Crippen LogP contribution in [0.25, 0.3) is 0 Å². The smallest absolute Gasteiger partial charge is 0.234 e. The van der Waals surface area contributed by atoms with Gasteiger partial charge in [-0.25, -0.2) is 4.39 Å². The molecule has 4 atom stereocenters. The number of aliphatic hydroxyl groups is 4. The van der Waals surface area contributed by atoms with Crippen LogP contribution in [-0.4, -0.2) is 56.2 Å². The van der Waals surface area contributed by atoms with E-state index in [9.17, 15) is 9.18 Å². The summed E-state index contributed by atoms with van der Waals surface area (Å²) in [6.07, 6.45) is -7.98. The summed E-state index contributed by atoms with van der Waals surface area (Å²) in [5, 5.41) is 35.0. The fourth-order valence-corrected chi connectivity index (χ4v) is 0.914. The molecule has 0 aliphatic carbocycles. The third-order valence-electron chi connectivity index (χ3n) is 1.45. The highest BCUT2D eigenvalue weighted by Gasteiger charge is 2.34. The average Bonchev–Trinajstić information content (AvgIpc) is 2.12.